The Bertz CT molecular complexity index is 796. The maximum atomic E-state index is 13.3. The number of nitrogens with zero attached hydrogens (tertiary/aromatic N) is 3. The van der Waals surface area contributed by atoms with Crippen LogP contribution in [-0.4, -0.2) is 21.5 Å². The van der Waals surface area contributed by atoms with Crippen LogP contribution in [0.15, 0.2) is 54.7 Å². The summed E-state index contributed by atoms with van der Waals surface area (Å²) in [6.07, 6.45) is 2.52. The van der Waals surface area contributed by atoms with Gasteiger partial charge in [0.05, 0.1) is 0 Å². The molecule has 2 aromatic heterocycles. The molecule has 0 aliphatic rings. The van der Waals surface area contributed by atoms with Crippen molar-refractivity contribution in [3.63, 3.8) is 0 Å². The van der Waals surface area contributed by atoms with Crippen LogP contribution in [0, 0.1) is 5.82 Å². The molecule has 3 aromatic rings. The van der Waals surface area contributed by atoms with Gasteiger partial charge in [-0.2, -0.15) is 0 Å². The Balaban J connectivity index is 1.73. The highest BCUT2D eigenvalue weighted by Crippen LogP contribution is 2.21. The van der Waals surface area contributed by atoms with Crippen molar-refractivity contribution in [2.24, 2.45) is 0 Å². The molecule has 0 bridgehead atoms. The van der Waals surface area contributed by atoms with Crippen molar-refractivity contribution in [1.29, 1.82) is 0 Å². The van der Waals surface area contributed by atoms with Gasteiger partial charge in [0.2, 0.25) is 0 Å². The topological polar surface area (TPSA) is 50.7 Å². The highest BCUT2D eigenvalue weighted by atomic mass is 35.5. The monoisotopic (exact) mass is 328 g/mol. The Labute approximate surface area is 138 Å². The third-order valence-electron chi connectivity index (χ3n) is 3.19. The molecule has 0 radical (unpaired) electrons. The molecule has 3 rings (SSSR count). The molecule has 1 N–H and O–H groups in total. The molecule has 0 spiro atoms. The van der Waals surface area contributed by atoms with Gasteiger partial charge in [-0.25, -0.2) is 14.4 Å². The van der Waals surface area contributed by atoms with Crippen LogP contribution in [-0.2, 0) is 6.42 Å². The second kappa shape index (κ2) is 7.15. The second-order valence-electron chi connectivity index (χ2n) is 4.91. The first-order chi connectivity index (χ1) is 11.2. The van der Waals surface area contributed by atoms with E-state index in [1.807, 2.05) is 18.2 Å². The molecule has 0 saturated heterocycles. The fraction of sp³-hybridized carbons (Fsp3) is 0.118. The van der Waals surface area contributed by atoms with Gasteiger partial charge in [-0.05, 0) is 24.3 Å². The van der Waals surface area contributed by atoms with Gasteiger partial charge in [-0.1, -0.05) is 29.8 Å². The maximum absolute atomic E-state index is 13.3. The van der Waals surface area contributed by atoms with Gasteiger partial charge in [0.15, 0.2) is 5.82 Å². The predicted octanol–water partition coefficient (Wildman–Crippen LogP) is 3.99. The minimum Gasteiger partial charge on any atom is -0.370 e. The number of rotatable bonds is 5. The average Bonchev–Trinajstić information content (AvgIpc) is 2.55. The van der Waals surface area contributed by atoms with E-state index in [4.69, 9.17) is 11.6 Å². The smallest absolute Gasteiger partial charge is 0.163 e. The molecule has 0 saturated carbocycles. The van der Waals surface area contributed by atoms with Gasteiger partial charge >= 0.3 is 0 Å². The second-order valence-corrected chi connectivity index (χ2v) is 5.29. The van der Waals surface area contributed by atoms with E-state index in [2.05, 4.69) is 20.3 Å². The van der Waals surface area contributed by atoms with E-state index in [1.165, 1.54) is 12.1 Å². The lowest BCUT2D eigenvalue weighted by atomic mass is 10.2. The molecular formula is C17H14ClFN4. The van der Waals surface area contributed by atoms with Crippen LogP contribution in [0.2, 0.25) is 5.15 Å². The number of halogens is 2. The van der Waals surface area contributed by atoms with Crippen LogP contribution < -0.4 is 5.32 Å². The summed E-state index contributed by atoms with van der Waals surface area (Å²) in [6.45, 7) is 0.660. The van der Waals surface area contributed by atoms with Crippen molar-refractivity contribution >= 4 is 17.4 Å². The first-order valence-electron chi connectivity index (χ1n) is 7.15. The summed E-state index contributed by atoms with van der Waals surface area (Å²) in [5.41, 5.74) is 1.57. The predicted molar refractivity (Wildman–Crippen MR) is 88.9 cm³/mol. The normalized spacial score (nSPS) is 10.5. The zero-order valence-corrected chi connectivity index (χ0v) is 13.0. The van der Waals surface area contributed by atoms with Crippen molar-refractivity contribution in [2.75, 3.05) is 11.9 Å². The zero-order chi connectivity index (χ0) is 16.1. The molecule has 116 valence electrons. The van der Waals surface area contributed by atoms with Gasteiger partial charge in [0.1, 0.15) is 16.8 Å². The largest absolute Gasteiger partial charge is 0.370 e. The van der Waals surface area contributed by atoms with Crippen molar-refractivity contribution in [3.05, 3.63) is 71.4 Å². The van der Waals surface area contributed by atoms with Crippen LogP contribution >= 0.6 is 11.6 Å². The quantitative estimate of drug-likeness (QED) is 0.720. The number of hydrogen-bond donors (Lipinski definition) is 1. The first-order valence-corrected chi connectivity index (χ1v) is 7.53. The Kier molecular flexibility index (Phi) is 4.78. The summed E-state index contributed by atoms with van der Waals surface area (Å²) in [7, 11) is 0. The zero-order valence-electron chi connectivity index (χ0n) is 12.2. The highest BCUT2D eigenvalue weighted by Gasteiger charge is 2.07. The van der Waals surface area contributed by atoms with E-state index in [-0.39, 0.29) is 5.82 Å². The lowest BCUT2D eigenvalue weighted by Crippen LogP contribution is -2.08. The molecule has 0 fully saturated rings. The molecule has 2 heterocycles. The van der Waals surface area contributed by atoms with E-state index < -0.39 is 0 Å². The van der Waals surface area contributed by atoms with Gasteiger partial charge in [0, 0.05) is 36.5 Å². The SMILES string of the molecule is Fc1cccc(-c2nc(Cl)cc(NCCc3ccccn3)n2)c1. The molecule has 1 aromatic carbocycles. The number of benzene rings is 1. The van der Waals surface area contributed by atoms with Gasteiger partial charge in [-0.15, -0.1) is 0 Å². The lowest BCUT2D eigenvalue weighted by Gasteiger charge is -2.08. The molecule has 0 unspecified atom stereocenters. The summed E-state index contributed by atoms with van der Waals surface area (Å²) in [5, 5.41) is 3.49. The van der Waals surface area contributed by atoms with E-state index in [1.54, 1.807) is 24.4 Å². The van der Waals surface area contributed by atoms with Crippen LogP contribution in [0.5, 0.6) is 0 Å². The molecule has 23 heavy (non-hydrogen) atoms. The van der Waals surface area contributed by atoms with Crippen LogP contribution in [0.3, 0.4) is 0 Å². The van der Waals surface area contributed by atoms with Crippen molar-refractivity contribution in [1.82, 2.24) is 15.0 Å². The standard InChI is InChI=1S/C17H14ClFN4/c18-15-11-16(21-9-7-14-6-1-2-8-20-14)23-17(22-15)12-4-3-5-13(19)10-12/h1-6,8,10-11H,7,9H2,(H,21,22,23). The molecule has 0 aliphatic carbocycles. The summed E-state index contributed by atoms with van der Waals surface area (Å²) in [5.74, 6) is 0.647. The third-order valence-corrected chi connectivity index (χ3v) is 3.38. The summed E-state index contributed by atoms with van der Waals surface area (Å²) in [6, 6.07) is 13.5. The Morgan fingerprint density at radius 2 is 1.96 bits per heavy atom. The van der Waals surface area contributed by atoms with Crippen molar-refractivity contribution < 1.29 is 4.39 Å². The van der Waals surface area contributed by atoms with Gasteiger partial charge in [0.25, 0.3) is 0 Å². The van der Waals surface area contributed by atoms with Gasteiger partial charge < -0.3 is 5.32 Å². The Morgan fingerprint density at radius 3 is 2.74 bits per heavy atom. The molecule has 6 heteroatoms. The van der Waals surface area contributed by atoms with Crippen LogP contribution in [0.4, 0.5) is 10.2 Å². The summed E-state index contributed by atoms with van der Waals surface area (Å²) >= 11 is 6.04. The number of pyridine rings is 1. The fourth-order valence-corrected chi connectivity index (χ4v) is 2.31. The van der Waals surface area contributed by atoms with E-state index in [0.29, 0.717) is 28.9 Å². The number of hydrogen-bond acceptors (Lipinski definition) is 4. The Hall–Kier alpha value is -2.53. The maximum Gasteiger partial charge on any atom is 0.163 e. The fourth-order valence-electron chi connectivity index (χ4n) is 2.13. The van der Waals surface area contributed by atoms with Crippen LogP contribution in [0.25, 0.3) is 11.4 Å². The highest BCUT2D eigenvalue weighted by molar-refractivity contribution is 6.29. The summed E-state index contributed by atoms with van der Waals surface area (Å²) in [4.78, 5) is 12.8. The lowest BCUT2D eigenvalue weighted by molar-refractivity contribution is 0.628. The number of aromatic nitrogens is 3. The molecule has 0 aliphatic heterocycles. The van der Waals surface area contributed by atoms with Crippen molar-refractivity contribution in [2.45, 2.75) is 6.42 Å². The molecule has 0 amide bonds. The minimum absolute atomic E-state index is 0.305. The first kappa shape index (κ1) is 15.4. The minimum atomic E-state index is -0.337. The Morgan fingerprint density at radius 1 is 1.04 bits per heavy atom. The average molecular weight is 329 g/mol. The number of anilines is 1. The number of nitrogens with one attached hydrogen (secondary N) is 1. The molecule has 4 nitrogen and oxygen atoms in total. The molecular weight excluding hydrogens is 315 g/mol. The van der Waals surface area contributed by atoms with Crippen molar-refractivity contribution in [3.8, 4) is 11.4 Å². The summed E-state index contributed by atoms with van der Waals surface area (Å²) < 4.78 is 13.3. The van der Waals surface area contributed by atoms with Gasteiger partial charge in [-0.3, -0.25) is 4.98 Å². The van der Waals surface area contributed by atoms with E-state index >= 15 is 0 Å². The van der Waals surface area contributed by atoms with Crippen LogP contribution in [0.1, 0.15) is 5.69 Å². The van der Waals surface area contributed by atoms with E-state index in [0.717, 1.165) is 12.1 Å². The van der Waals surface area contributed by atoms with E-state index in [9.17, 15) is 4.39 Å². The third kappa shape index (κ3) is 4.23. The molecule has 0 atom stereocenters.